The number of hydrogen-bond acceptors (Lipinski definition) is 3. The standard InChI is InChI=1S/C19H23ClN2O2/c1-12(2)24-16-7-5-15(6-8-16)22-18(23)11-21-19-14(4)9-13(3)10-17(19)20/h5-10,12,21H,11H2,1-4H3,(H,22,23). The zero-order valence-corrected chi connectivity index (χ0v) is 15.2. The van der Waals surface area contributed by atoms with Gasteiger partial charge in [0.05, 0.1) is 23.4 Å². The van der Waals surface area contributed by atoms with Crippen molar-refractivity contribution in [1.82, 2.24) is 0 Å². The van der Waals surface area contributed by atoms with Crippen molar-refractivity contribution >= 4 is 28.9 Å². The molecular weight excluding hydrogens is 324 g/mol. The molecule has 2 rings (SSSR count). The van der Waals surface area contributed by atoms with E-state index in [1.54, 1.807) is 0 Å². The second-order valence-corrected chi connectivity index (χ2v) is 6.44. The summed E-state index contributed by atoms with van der Waals surface area (Å²) in [7, 11) is 0. The summed E-state index contributed by atoms with van der Waals surface area (Å²) >= 11 is 6.23. The fourth-order valence-corrected chi connectivity index (χ4v) is 2.79. The summed E-state index contributed by atoms with van der Waals surface area (Å²) in [6, 6.07) is 11.2. The predicted octanol–water partition coefficient (Wildman–Crippen LogP) is 4.79. The van der Waals surface area contributed by atoms with E-state index in [1.807, 2.05) is 64.1 Å². The predicted molar refractivity (Wildman–Crippen MR) is 100 cm³/mol. The third kappa shape index (κ3) is 5.17. The Balaban J connectivity index is 1.92. The van der Waals surface area contributed by atoms with Crippen molar-refractivity contribution in [3.63, 3.8) is 0 Å². The molecular formula is C19H23ClN2O2. The second-order valence-electron chi connectivity index (χ2n) is 6.03. The Kier molecular flexibility index (Phi) is 6.10. The van der Waals surface area contributed by atoms with Crippen LogP contribution >= 0.6 is 11.6 Å². The molecule has 0 fully saturated rings. The van der Waals surface area contributed by atoms with Gasteiger partial charge < -0.3 is 15.4 Å². The van der Waals surface area contributed by atoms with Crippen LogP contribution in [0.25, 0.3) is 0 Å². The van der Waals surface area contributed by atoms with Gasteiger partial charge in [-0.05, 0) is 69.2 Å². The topological polar surface area (TPSA) is 50.4 Å². The van der Waals surface area contributed by atoms with E-state index in [0.717, 1.165) is 28.3 Å². The highest BCUT2D eigenvalue weighted by Crippen LogP contribution is 2.27. The number of benzene rings is 2. The highest BCUT2D eigenvalue weighted by Gasteiger charge is 2.08. The van der Waals surface area contributed by atoms with Crippen LogP contribution in [0.1, 0.15) is 25.0 Å². The molecule has 2 aromatic rings. The molecule has 1 amide bonds. The summed E-state index contributed by atoms with van der Waals surface area (Å²) in [4.78, 5) is 12.1. The van der Waals surface area contributed by atoms with E-state index in [4.69, 9.17) is 16.3 Å². The molecule has 4 nitrogen and oxygen atoms in total. The van der Waals surface area contributed by atoms with Crippen molar-refractivity contribution in [1.29, 1.82) is 0 Å². The molecule has 0 aliphatic heterocycles. The van der Waals surface area contributed by atoms with Crippen molar-refractivity contribution in [3.05, 3.63) is 52.5 Å². The summed E-state index contributed by atoms with van der Waals surface area (Å²) < 4.78 is 5.58. The lowest BCUT2D eigenvalue weighted by Crippen LogP contribution is -2.22. The number of aryl methyl sites for hydroxylation is 2. The third-order valence-corrected chi connectivity index (χ3v) is 3.67. The number of hydrogen-bond donors (Lipinski definition) is 2. The van der Waals surface area contributed by atoms with Crippen LogP contribution in [0.15, 0.2) is 36.4 Å². The normalized spacial score (nSPS) is 10.6. The van der Waals surface area contributed by atoms with Gasteiger partial charge in [-0.1, -0.05) is 17.7 Å². The second kappa shape index (κ2) is 8.06. The van der Waals surface area contributed by atoms with Gasteiger partial charge in [-0.25, -0.2) is 0 Å². The van der Waals surface area contributed by atoms with Crippen molar-refractivity contribution in [2.24, 2.45) is 0 Å². The number of carbonyl (C=O) groups excluding carboxylic acids is 1. The maximum atomic E-state index is 12.1. The molecule has 0 atom stereocenters. The first-order chi connectivity index (χ1) is 11.3. The minimum atomic E-state index is -0.136. The van der Waals surface area contributed by atoms with Gasteiger partial charge in [0.25, 0.3) is 0 Å². The maximum absolute atomic E-state index is 12.1. The average molecular weight is 347 g/mol. The Labute approximate surface area is 148 Å². The van der Waals surface area contributed by atoms with Crippen LogP contribution in [-0.4, -0.2) is 18.6 Å². The molecule has 0 saturated heterocycles. The monoisotopic (exact) mass is 346 g/mol. The van der Waals surface area contributed by atoms with Gasteiger partial charge in [-0.3, -0.25) is 4.79 Å². The lowest BCUT2D eigenvalue weighted by Gasteiger charge is -2.13. The lowest BCUT2D eigenvalue weighted by molar-refractivity contribution is -0.114. The molecule has 2 N–H and O–H groups in total. The van der Waals surface area contributed by atoms with E-state index in [0.29, 0.717) is 5.02 Å². The van der Waals surface area contributed by atoms with Gasteiger partial charge in [0.1, 0.15) is 5.75 Å². The first-order valence-corrected chi connectivity index (χ1v) is 8.30. The number of ether oxygens (including phenoxy) is 1. The van der Waals surface area contributed by atoms with E-state index in [1.165, 1.54) is 0 Å². The Hall–Kier alpha value is -2.20. The van der Waals surface area contributed by atoms with E-state index in [9.17, 15) is 4.79 Å². The summed E-state index contributed by atoms with van der Waals surface area (Å²) in [5.41, 5.74) is 3.63. The van der Waals surface area contributed by atoms with Crippen molar-refractivity contribution < 1.29 is 9.53 Å². The summed E-state index contributed by atoms with van der Waals surface area (Å²) in [6.45, 7) is 8.04. The van der Waals surface area contributed by atoms with Crippen LogP contribution in [-0.2, 0) is 4.79 Å². The van der Waals surface area contributed by atoms with Crippen LogP contribution < -0.4 is 15.4 Å². The molecule has 0 heterocycles. The van der Waals surface area contributed by atoms with Crippen LogP contribution in [0.2, 0.25) is 5.02 Å². The number of nitrogens with one attached hydrogen (secondary N) is 2. The first-order valence-electron chi connectivity index (χ1n) is 7.92. The van der Waals surface area contributed by atoms with Crippen LogP contribution in [0.3, 0.4) is 0 Å². The van der Waals surface area contributed by atoms with E-state index in [2.05, 4.69) is 10.6 Å². The molecule has 24 heavy (non-hydrogen) atoms. The quantitative estimate of drug-likeness (QED) is 0.790. The SMILES string of the molecule is Cc1cc(C)c(NCC(=O)Nc2ccc(OC(C)C)cc2)c(Cl)c1. The van der Waals surface area contributed by atoms with Crippen LogP contribution in [0, 0.1) is 13.8 Å². The van der Waals surface area contributed by atoms with Crippen LogP contribution in [0.5, 0.6) is 5.75 Å². The highest BCUT2D eigenvalue weighted by atomic mass is 35.5. The number of amides is 1. The Morgan fingerprint density at radius 2 is 1.83 bits per heavy atom. The molecule has 0 radical (unpaired) electrons. The van der Waals surface area contributed by atoms with Crippen molar-refractivity contribution in [2.45, 2.75) is 33.8 Å². The molecule has 0 saturated carbocycles. The Morgan fingerprint density at radius 3 is 2.42 bits per heavy atom. The minimum Gasteiger partial charge on any atom is -0.491 e. The zero-order valence-electron chi connectivity index (χ0n) is 14.4. The van der Waals surface area contributed by atoms with E-state index in [-0.39, 0.29) is 18.6 Å². The number of anilines is 2. The van der Waals surface area contributed by atoms with Gasteiger partial charge in [-0.2, -0.15) is 0 Å². The number of halogens is 1. The third-order valence-electron chi connectivity index (χ3n) is 3.37. The minimum absolute atomic E-state index is 0.122. The molecule has 5 heteroatoms. The summed E-state index contributed by atoms with van der Waals surface area (Å²) in [5.74, 6) is 0.645. The van der Waals surface area contributed by atoms with E-state index < -0.39 is 0 Å². The molecule has 128 valence electrons. The molecule has 2 aromatic carbocycles. The first kappa shape index (κ1) is 18.1. The number of rotatable bonds is 6. The van der Waals surface area contributed by atoms with Gasteiger partial charge in [0.15, 0.2) is 0 Å². The highest BCUT2D eigenvalue weighted by molar-refractivity contribution is 6.33. The molecule has 0 spiro atoms. The molecule has 0 aliphatic rings. The Bertz CT molecular complexity index is 689. The zero-order chi connectivity index (χ0) is 17.7. The van der Waals surface area contributed by atoms with Gasteiger partial charge in [-0.15, -0.1) is 0 Å². The molecule has 0 unspecified atom stereocenters. The van der Waals surface area contributed by atoms with Crippen molar-refractivity contribution in [2.75, 3.05) is 17.2 Å². The largest absolute Gasteiger partial charge is 0.491 e. The van der Waals surface area contributed by atoms with E-state index >= 15 is 0 Å². The van der Waals surface area contributed by atoms with Gasteiger partial charge >= 0.3 is 0 Å². The maximum Gasteiger partial charge on any atom is 0.243 e. The van der Waals surface area contributed by atoms with Gasteiger partial charge in [0.2, 0.25) is 5.91 Å². The summed E-state index contributed by atoms with van der Waals surface area (Å²) in [6.07, 6.45) is 0.122. The van der Waals surface area contributed by atoms with Crippen molar-refractivity contribution in [3.8, 4) is 5.75 Å². The fraction of sp³-hybridized carbons (Fsp3) is 0.316. The fourth-order valence-electron chi connectivity index (χ4n) is 2.40. The van der Waals surface area contributed by atoms with Gasteiger partial charge in [0, 0.05) is 5.69 Å². The molecule has 0 aliphatic carbocycles. The lowest BCUT2D eigenvalue weighted by atomic mass is 10.1. The Morgan fingerprint density at radius 1 is 1.17 bits per heavy atom. The smallest absolute Gasteiger partial charge is 0.243 e. The number of carbonyl (C=O) groups is 1. The summed E-state index contributed by atoms with van der Waals surface area (Å²) in [5, 5.41) is 6.56. The molecule has 0 bridgehead atoms. The molecule has 0 aromatic heterocycles. The average Bonchev–Trinajstić information content (AvgIpc) is 2.47. The van der Waals surface area contributed by atoms with Crippen LogP contribution in [0.4, 0.5) is 11.4 Å².